The number of nitro benzene ring substituents is 1. The monoisotopic (exact) mass is 486 g/mol. The molecular weight excluding hydrogens is 467 g/mol. The zero-order chi connectivity index (χ0) is 25.1. The van der Waals surface area contributed by atoms with Crippen LogP contribution in [0.2, 0.25) is 0 Å². The van der Waals surface area contributed by atoms with E-state index in [1.165, 1.54) is 16.9 Å². The lowest BCUT2D eigenvalue weighted by atomic mass is 10.0. The molecule has 0 aliphatic carbocycles. The number of fused-ring (bicyclic) bond motifs is 1. The summed E-state index contributed by atoms with van der Waals surface area (Å²) in [5, 5.41) is 24.6. The van der Waals surface area contributed by atoms with E-state index < -0.39 is 16.6 Å². The predicted octanol–water partition coefficient (Wildman–Crippen LogP) is 4.62. The smallest absolute Gasteiger partial charge is 0.311 e. The molecule has 0 aliphatic rings. The first-order valence-corrected chi connectivity index (χ1v) is 10.9. The largest absolute Gasteiger partial charge is 0.464 e. The highest BCUT2D eigenvalue weighted by Crippen LogP contribution is 2.27. The summed E-state index contributed by atoms with van der Waals surface area (Å²) < 4.78 is 21.8. The van der Waals surface area contributed by atoms with Gasteiger partial charge < -0.3 is 10.1 Å². The van der Waals surface area contributed by atoms with Crippen molar-refractivity contribution in [2.24, 2.45) is 0 Å². The molecule has 0 unspecified atom stereocenters. The Kier molecular flexibility index (Phi) is 6.10. The van der Waals surface area contributed by atoms with E-state index in [2.05, 4.69) is 33.7 Å². The zero-order valence-corrected chi connectivity index (χ0v) is 18.7. The summed E-state index contributed by atoms with van der Waals surface area (Å²) in [6.07, 6.45) is 3.24. The van der Waals surface area contributed by atoms with Crippen LogP contribution in [0.5, 0.6) is 5.75 Å². The topological polar surface area (TPSA) is 117 Å². The van der Waals surface area contributed by atoms with Crippen LogP contribution < -0.4 is 10.1 Å². The van der Waals surface area contributed by atoms with E-state index in [1.807, 2.05) is 24.3 Å². The molecule has 0 spiro atoms. The van der Waals surface area contributed by atoms with Crippen LogP contribution >= 0.6 is 0 Å². The van der Waals surface area contributed by atoms with E-state index >= 15 is 0 Å². The van der Waals surface area contributed by atoms with Gasteiger partial charge in [0.15, 0.2) is 18.2 Å². The number of rotatable bonds is 8. The van der Waals surface area contributed by atoms with Crippen molar-refractivity contribution in [1.29, 1.82) is 0 Å². The summed E-state index contributed by atoms with van der Waals surface area (Å²) in [6.45, 7) is 0.284. The van der Waals surface area contributed by atoms with E-state index in [0.29, 0.717) is 12.4 Å². The predicted molar refractivity (Wildman–Crippen MR) is 129 cm³/mol. The Bertz CT molecular complexity index is 1570. The second-order valence-electron chi connectivity index (χ2n) is 7.87. The van der Waals surface area contributed by atoms with Crippen molar-refractivity contribution in [3.05, 3.63) is 112 Å². The van der Waals surface area contributed by atoms with Crippen molar-refractivity contribution in [1.82, 2.24) is 19.6 Å². The summed E-state index contributed by atoms with van der Waals surface area (Å²) in [5.74, 6) is -1.03. The normalized spacial score (nSPS) is 10.9. The first-order chi connectivity index (χ1) is 17.5. The van der Waals surface area contributed by atoms with Gasteiger partial charge in [0.25, 0.3) is 5.91 Å². The van der Waals surface area contributed by atoms with Crippen LogP contribution in [-0.2, 0) is 13.3 Å². The first kappa shape index (κ1) is 22.7. The third-order valence-electron chi connectivity index (χ3n) is 5.44. The van der Waals surface area contributed by atoms with Crippen molar-refractivity contribution < 1.29 is 18.8 Å². The third kappa shape index (κ3) is 4.89. The molecule has 2 heterocycles. The Morgan fingerprint density at radius 3 is 2.67 bits per heavy atom. The number of halogens is 1. The van der Waals surface area contributed by atoms with Gasteiger partial charge in [0.05, 0.1) is 11.5 Å². The molecule has 36 heavy (non-hydrogen) atoms. The molecule has 0 atom stereocenters. The highest BCUT2D eigenvalue weighted by molar-refractivity contribution is 6.02. The number of benzene rings is 3. The van der Waals surface area contributed by atoms with Crippen molar-refractivity contribution in [3.8, 4) is 5.75 Å². The van der Waals surface area contributed by atoms with Gasteiger partial charge in [0.2, 0.25) is 5.75 Å². The molecular formula is C25H19FN6O4. The lowest BCUT2D eigenvalue weighted by Crippen LogP contribution is -2.15. The number of nitrogens with zero attached hydrogens (tertiary/aromatic N) is 5. The number of nitrogens with one attached hydrogen (secondary N) is 1. The molecule has 3 aromatic carbocycles. The van der Waals surface area contributed by atoms with Crippen molar-refractivity contribution >= 4 is 28.2 Å². The number of nitro groups is 1. The fourth-order valence-electron chi connectivity index (χ4n) is 3.75. The number of amides is 1. The molecule has 5 aromatic rings. The minimum atomic E-state index is -0.670. The number of hydrogen-bond donors (Lipinski definition) is 1. The van der Waals surface area contributed by atoms with E-state index in [0.717, 1.165) is 34.5 Å². The molecule has 2 aromatic heterocycles. The Morgan fingerprint density at radius 2 is 1.81 bits per heavy atom. The summed E-state index contributed by atoms with van der Waals surface area (Å²) in [7, 11) is 0. The van der Waals surface area contributed by atoms with E-state index in [-0.39, 0.29) is 23.9 Å². The van der Waals surface area contributed by atoms with Gasteiger partial charge in [-0.2, -0.15) is 10.2 Å². The van der Waals surface area contributed by atoms with Crippen LogP contribution in [-0.4, -0.2) is 30.4 Å². The van der Waals surface area contributed by atoms with Gasteiger partial charge in [-0.15, -0.1) is 0 Å². The number of anilines is 1. The zero-order valence-electron chi connectivity index (χ0n) is 18.7. The molecule has 11 heteroatoms. The van der Waals surface area contributed by atoms with Gasteiger partial charge in [-0.05, 0) is 28.5 Å². The number of carbonyl (C=O) groups is 1. The minimum absolute atomic E-state index is 0.0935. The summed E-state index contributed by atoms with van der Waals surface area (Å²) in [5.41, 5.74) is 0.822. The second-order valence-corrected chi connectivity index (χ2v) is 7.87. The van der Waals surface area contributed by atoms with Gasteiger partial charge in [-0.25, -0.2) is 9.07 Å². The van der Waals surface area contributed by atoms with E-state index in [4.69, 9.17) is 4.74 Å². The molecule has 0 bridgehead atoms. The lowest BCUT2D eigenvalue weighted by molar-refractivity contribution is -0.386. The number of aromatic nitrogens is 4. The Labute approximate surface area is 203 Å². The fourth-order valence-corrected chi connectivity index (χ4v) is 3.75. The molecule has 0 aliphatic heterocycles. The maximum Gasteiger partial charge on any atom is 0.311 e. The Balaban J connectivity index is 1.22. The highest BCUT2D eigenvalue weighted by atomic mass is 19.1. The SMILES string of the molecule is O=C(Nc1ccn(Cc2cccc3ccccc23)n1)c1ccn(COc2cc(F)ccc2[N+](=O)[O-])n1. The van der Waals surface area contributed by atoms with Crippen LogP contribution in [0.4, 0.5) is 15.9 Å². The Morgan fingerprint density at radius 1 is 1.00 bits per heavy atom. The third-order valence-corrected chi connectivity index (χ3v) is 5.44. The van der Waals surface area contributed by atoms with Gasteiger partial charge >= 0.3 is 5.69 Å². The maximum absolute atomic E-state index is 13.5. The van der Waals surface area contributed by atoms with Crippen molar-refractivity contribution in [2.45, 2.75) is 13.3 Å². The number of carbonyl (C=O) groups excluding carboxylic acids is 1. The van der Waals surface area contributed by atoms with E-state index in [1.54, 1.807) is 16.9 Å². The molecule has 1 amide bonds. The van der Waals surface area contributed by atoms with Gasteiger partial charge in [0, 0.05) is 30.6 Å². The maximum atomic E-state index is 13.5. The molecule has 0 saturated carbocycles. The standard InChI is InChI=1S/C25H19FN6O4/c26-19-8-9-22(32(34)35)23(14-19)36-16-31-12-10-21(28-31)25(33)27-24-11-13-30(29-24)15-18-6-3-5-17-4-1-2-7-20(17)18/h1-14H,15-16H2,(H,27,29,33). The Hall–Kier alpha value is -5.06. The summed E-state index contributed by atoms with van der Waals surface area (Å²) in [6, 6.07) is 20.2. The number of ether oxygens (including phenoxy) is 1. The highest BCUT2D eigenvalue weighted by Gasteiger charge is 2.17. The van der Waals surface area contributed by atoms with Gasteiger partial charge in [0.1, 0.15) is 5.82 Å². The number of hydrogen-bond acceptors (Lipinski definition) is 6. The summed E-state index contributed by atoms with van der Waals surface area (Å²) in [4.78, 5) is 23.0. The van der Waals surface area contributed by atoms with Gasteiger partial charge in [-0.3, -0.25) is 19.6 Å². The van der Waals surface area contributed by atoms with Crippen molar-refractivity contribution in [2.75, 3.05) is 5.32 Å². The minimum Gasteiger partial charge on any atom is -0.464 e. The fraction of sp³-hybridized carbons (Fsp3) is 0.0800. The molecule has 180 valence electrons. The quantitative estimate of drug-likeness (QED) is 0.253. The second kappa shape index (κ2) is 9.66. The molecule has 1 N–H and O–H groups in total. The van der Waals surface area contributed by atoms with Crippen LogP contribution in [0, 0.1) is 15.9 Å². The molecule has 0 fully saturated rings. The average molecular weight is 486 g/mol. The van der Waals surface area contributed by atoms with Crippen LogP contribution in [0.3, 0.4) is 0 Å². The first-order valence-electron chi connectivity index (χ1n) is 10.9. The molecule has 5 rings (SSSR count). The molecule has 0 radical (unpaired) electrons. The average Bonchev–Trinajstić information content (AvgIpc) is 3.52. The van der Waals surface area contributed by atoms with Crippen LogP contribution in [0.15, 0.2) is 85.2 Å². The van der Waals surface area contributed by atoms with E-state index in [9.17, 15) is 19.3 Å². The summed E-state index contributed by atoms with van der Waals surface area (Å²) >= 11 is 0. The lowest BCUT2D eigenvalue weighted by Gasteiger charge is -2.07. The molecule has 0 saturated heterocycles. The van der Waals surface area contributed by atoms with Crippen molar-refractivity contribution in [3.63, 3.8) is 0 Å². The van der Waals surface area contributed by atoms with Crippen LogP contribution in [0.1, 0.15) is 16.1 Å². The molecule has 10 nitrogen and oxygen atoms in total. The van der Waals surface area contributed by atoms with Gasteiger partial charge in [-0.1, -0.05) is 42.5 Å². The van der Waals surface area contributed by atoms with Crippen LogP contribution in [0.25, 0.3) is 10.8 Å².